The third-order valence-corrected chi connectivity index (χ3v) is 5.75. The third kappa shape index (κ3) is 5.37. The molecule has 0 N–H and O–H groups in total. The summed E-state index contributed by atoms with van der Waals surface area (Å²) in [5.74, 6) is 0.615. The zero-order valence-corrected chi connectivity index (χ0v) is 19.2. The summed E-state index contributed by atoms with van der Waals surface area (Å²) >= 11 is 0. The van der Waals surface area contributed by atoms with Gasteiger partial charge in [-0.1, -0.05) is 19.0 Å². The highest BCUT2D eigenvalue weighted by atomic mass is 16.6. The Labute approximate surface area is 183 Å². The Morgan fingerprint density at radius 1 is 1.19 bits per heavy atom. The van der Waals surface area contributed by atoms with E-state index in [2.05, 4.69) is 5.16 Å². The zero-order chi connectivity index (χ0) is 22.8. The molecule has 2 atom stereocenters. The monoisotopic (exact) mass is 434 g/mol. The van der Waals surface area contributed by atoms with Crippen LogP contribution in [0.15, 0.2) is 10.6 Å². The molecule has 1 aromatic heterocycles. The minimum absolute atomic E-state index is 0.00483. The summed E-state index contributed by atoms with van der Waals surface area (Å²) in [4.78, 5) is 42.2. The molecule has 2 aliphatic heterocycles. The number of aromatic nitrogens is 1. The van der Waals surface area contributed by atoms with E-state index >= 15 is 0 Å². The van der Waals surface area contributed by atoms with E-state index in [1.807, 2.05) is 45.6 Å². The molecule has 0 bridgehead atoms. The molecule has 9 nitrogen and oxygen atoms in total. The molecule has 3 heterocycles. The molecule has 2 amide bonds. The van der Waals surface area contributed by atoms with Crippen LogP contribution < -0.4 is 4.90 Å². The van der Waals surface area contributed by atoms with Crippen molar-refractivity contribution in [3.05, 3.63) is 11.8 Å². The van der Waals surface area contributed by atoms with Crippen LogP contribution in [0.5, 0.6) is 0 Å². The van der Waals surface area contributed by atoms with Crippen molar-refractivity contribution in [2.75, 3.05) is 37.6 Å². The van der Waals surface area contributed by atoms with E-state index in [0.717, 1.165) is 12.7 Å². The maximum Gasteiger partial charge on any atom is 0.410 e. The minimum atomic E-state index is -0.522. The van der Waals surface area contributed by atoms with Crippen LogP contribution in [-0.2, 0) is 14.3 Å². The fourth-order valence-corrected chi connectivity index (χ4v) is 4.14. The lowest BCUT2D eigenvalue weighted by Crippen LogP contribution is -2.50. The average Bonchev–Trinajstić information content (AvgIpc) is 3.36. The second-order valence-electron chi connectivity index (χ2n) is 9.64. The van der Waals surface area contributed by atoms with Crippen LogP contribution in [0.4, 0.5) is 10.6 Å². The first-order valence-corrected chi connectivity index (χ1v) is 11.1. The highest BCUT2D eigenvalue weighted by molar-refractivity contribution is 5.86. The van der Waals surface area contributed by atoms with Gasteiger partial charge in [0.2, 0.25) is 5.91 Å². The van der Waals surface area contributed by atoms with Gasteiger partial charge in [-0.3, -0.25) is 4.79 Å². The third-order valence-electron chi connectivity index (χ3n) is 5.75. The van der Waals surface area contributed by atoms with Crippen molar-refractivity contribution >= 4 is 24.1 Å². The molecule has 0 aromatic carbocycles. The summed E-state index contributed by atoms with van der Waals surface area (Å²) in [6.07, 6.45) is 2.10. The number of anilines is 1. The van der Waals surface area contributed by atoms with Gasteiger partial charge >= 0.3 is 6.09 Å². The number of likely N-dealkylation sites (tertiary alicyclic amines) is 1. The minimum Gasteiger partial charge on any atom is -0.444 e. The first-order chi connectivity index (χ1) is 14.6. The van der Waals surface area contributed by atoms with Crippen molar-refractivity contribution in [2.45, 2.75) is 65.0 Å². The molecular formula is C22H34N4O5. The van der Waals surface area contributed by atoms with Gasteiger partial charge in [0.15, 0.2) is 11.6 Å². The van der Waals surface area contributed by atoms with E-state index in [1.165, 1.54) is 0 Å². The first-order valence-electron chi connectivity index (χ1n) is 11.1. The summed E-state index contributed by atoms with van der Waals surface area (Å²) in [6.45, 7) is 12.3. The van der Waals surface area contributed by atoms with Crippen molar-refractivity contribution < 1.29 is 23.6 Å². The summed E-state index contributed by atoms with van der Waals surface area (Å²) in [5.41, 5.74) is -0.522. The molecule has 3 rings (SSSR count). The Balaban J connectivity index is 1.65. The second kappa shape index (κ2) is 9.28. The Morgan fingerprint density at radius 3 is 2.45 bits per heavy atom. The Kier molecular flexibility index (Phi) is 6.91. The van der Waals surface area contributed by atoms with Crippen LogP contribution in [0.25, 0.3) is 0 Å². The van der Waals surface area contributed by atoms with Gasteiger partial charge < -0.3 is 28.8 Å². The summed E-state index contributed by atoms with van der Waals surface area (Å²) in [7, 11) is 0. The van der Waals surface area contributed by atoms with Gasteiger partial charge in [-0.25, -0.2) is 4.79 Å². The number of hydrogen-bond acceptors (Lipinski definition) is 7. The van der Waals surface area contributed by atoms with Gasteiger partial charge in [0.05, 0.1) is 6.04 Å². The number of aldehydes is 1. The van der Waals surface area contributed by atoms with E-state index in [-0.39, 0.29) is 24.0 Å². The fourth-order valence-electron chi connectivity index (χ4n) is 4.14. The maximum absolute atomic E-state index is 13.2. The molecule has 0 radical (unpaired) electrons. The predicted octanol–water partition coefficient (Wildman–Crippen LogP) is 2.66. The van der Waals surface area contributed by atoms with Gasteiger partial charge in [-0.05, 0) is 39.5 Å². The number of nitrogens with zero attached hydrogens (tertiary/aromatic N) is 4. The second-order valence-corrected chi connectivity index (χ2v) is 9.64. The van der Waals surface area contributed by atoms with Crippen LogP contribution in [0.1, 0.15) is 59.1 Å². The Hall–Kier alpha value is -2.58. The normalized spacial score (nSPS) is 20.8. The van der Waals surface area contributed by atoms with E-state index in [9.17, 15) is 14.4 Å². The lowest BCUT2D eigenvalue weighted by atomic mass is 9.91. The number of ether oxygens (including phenoxy) is 1. The molecule has 9 heteroatoms. The molecule has 2 fully saturated rings. The van der Waals surface area contributed by atoms with Crippen molar-refractivity contribution in [1.82, 2.24) is 15.0 Å². The zero-order valence-electron chi connectivity index (χ0n) is 19.2. The number of piperazine rings is 1. The van der Waals surface area contributed by atoms with Gasteiger partial charge in [-0.15, -0.1) is 0 Å². The van der Waals surface area contributed by atoms with Gasteiger partial charge in [0.25, 0.3) is 0 Å². The molecule has 2 saturated heterocycles. The standard InChI is InChI=1S/C22H34N4O5/c1-15(2)19(20(28)26-8-6-7-16(26)14-27)17-13-18(23-31-17)24-9-11-25(12-10-24)21(29)30-22(3,4)5/h13-16,19H,6-12H2,1-5H3. The van der Waals surface area contributed by atoms with Gasteiger partial charge in [0, 0.05) is 38.8 Å². The highest BCUT2D eigenvalue weighted by Gasteiger charge is 2.37. The molecular weight excluding hydrogens is 400 g/mol. The largest absolute Gasteiger partial charge is 0.444 e. The smallest absolute Gasteiger partial charge is 0.410 e. The Bertz CT molecular complexity index is 792. The number of carbonyl (C=O) groups is 3. The molecule has 0 spiro atoms. The SMILES string of the molecule is CC(C)C(C(=O)N1CCCC1C=O)c1cc(N2CCN(C(=O)OC(C)(C)C)CC2)no1. The quantitative estimate of drug-likeness (QED) is 0.657. The van der Waals surface area contributed by atoms with Crippen LogP contribution in [-0.4, -0.2) is 77.6 Å². The summed E-state index contributed by atoms with van der Waals surface area (Å²) in [6, 6.07) is 1.47. The summed E-state index contributed by atoms with van der Waals surface area (Å²) < 4.78 is 11.0. The van der Waals surface area contributed by atoms with E-state index in [4.69, 9.17) is 9.26 Å². The fraction of sp³-hybridized carbons (Fsp3) is 0.727. The molecule has 2 aliphatic rings. The predicted molar refractivity (Wildman–Crippen MR) is 115 cm³/mol. The highest BCUT2D eigenvalue weighted by Crippen LogP contribution is 2.32. The van der Waals surface area contributed by atoms with Crippen molar-refractivity contribution in [2.24, 2.45) is 5.92 Å². The van der Waals surface area contributed by atoms with E-state index in [0.29, 0.717) is 50.7 Å². The lowest BCUT2D eigenvalue weighted by Gasteiger charge is -2.35. The van der Waals surface area contributed by atoms with Crippen LogP contribution in [0, 0.1) is 5.92 Å². The topological polar surface area (TPSA) is 96.2 Å². The number of rotatable bonds is 5. The van der Waals surface area contributed by atoms with E-state index < -0.39 is 11.5 Å². The van der Waals surface area contributed by atoms with Gasteiger partial charge in [0.1, 0.15) is 17.8 Å². The van der Waals surface area contributed by atoms with Gasteiger partial charge in [-0.2, -0.15) is 0 Å². The molecule has 2 unspecified atom stereocenters. The lowest BCUT2D eigenvalue weighted by molar-refractivity contribution is -0.137. The Morgan fingerprint density at radius 2 is 1.87 bits per heavy atom. The van der Waals surface area contributed by atoms with E-state index in [1.54, 1.807) is 9.80 Å². The maximum atomic E-state index is 13.2. The average molecular weight is 435 g/mol. The van der Waals surface area contributed by atoms with Crippen LogP contribution in [0.3, 0.4) is 0 Å². The molecule has 0 aliphatic carbocycles. The van der Waals surface area contributed by atoms with Crippen molar-refractivity contribution in [1.29, 1.82) is 0 Å². The van der Waals surface area contributed by atoms with Crippen LogP contribution in [0.2, 0.25) is 0 Å². The molecule has 31 heavy (non-hydrogen) atoms. The molecule has 1 aromatic rings. The summed E-state index contributed by atoms with van der Waals surface area (Å²) in [5, 5.41) is 4.20. The molecule has 0 saturated carbocycles. The van der Waals surface area contributed by atoms with Crippen LogP contribution >= 0.6 is 0 Å². The molecule has 172 valence electrons. The number of amides is 2. The first kappa shape index (κ1) is 23.1. The number of hydrogen-bond donors (Lipinski definition) is 0. The number of carbonyl (C=O) groups excluding carboxylic acids is 3. The van der Waals surface area contributed by atoms with Crippen molar-refractivity contribution in [3.63, 3.8) is 0 Å². The van der Waals surface area contributed by atoms with Crippen molar-refractivity contribution in [3.8, 4) is 0 Å².